The summed E-state index contributed by atoms with van der Waals surface area (Å²) in [5.41, 5.74) is 0. The summed E-state index contributed by atoms with van der Waals surface area (Å²) in [6.45, 7) is 4.24. The van der Waals surface area contributed by atoms with Gasteiger partial charge < -0.3 is 14.8 Å². The van der Waals surface area contributed by atoms with Gasteiger partial charge in [-0.25, -0.2) is 4.79 Å². The predicted molar refractivity (Wildman–Crippen MR) is 70.4 cm³/mol. The second-order valence-corrected chi connectivity index (χ2v) is 5.47. The quantitative estimate of drug-likeness (QED) is 0.835. The van der Waals surface area contributed by atoms with E-state index in [1.165, 1.54) is 0 Å². The van der Waals surface area contributed by atoms with Crippen LogP contribution in [0.25, 0.3) is 0 Å². The van der Waals surface area contributed by atoms with Crippen LogP contribution in [0.5, 0.6) is 0 Å². The van der Waals surface area contributed by atoms with Crippen molar-refractivity contribution in [1.82, 2.24) is 25.0 Å². The zero-order valence-corrected chi connectivity index (χ0v) is 11.7. The third-order valence-electron chi connectivity index (χ3n) is 2.99. The minimum absolute atomic E-state index is 0.000180. The number of nitrogens with one attached hydrogen (secondary N) is 1. The van der Waals surface area contributed by atoms with Crippen molar-refractivity contribution in [3.63, 3.8) is 0 Å². The van der Waals surface area contributed by atoms with E-state index >= 15 is 0 Å². The molecule has 0 aromatic carbocycles. The molecule has 1 aromatic rings. The largest absolute Gasteiger partial charge is 0.331 e. The van der Waals surface area contributed by atoms with Gasteiger partial charge in [-0.05, 0) is 18.6 Å². The van der Waals surface area contributed by atoms with E-state index in [9.17, 15) is 4.79 Å². The van der Waals surface area contributed by atoms with Crippen LogP contribution in [-0.4, -0.2) is 44.5 Å². The van der Waals surface area contributed by atoms with Gasteiger partial charge in [0.2, 0.25) is 0 Å². The van der Waals surface area contributed by atoms with E-state index in [0.29, 0.717) is 6.54 Å². The van der Waals surface area contributed by atoms with E-state index < -0.39 is 0 Å². The first-order valence-corrected chi connectivity index (χ1v) is 7.24. The van der Waals surface area contributed by atoms with Gasteiger partial charge in [0.05, 0.1) is 6.54 Å². The van der Waals surface area contributed by atoms with Crippen LogP contribution in [0.15, 0.2) is 5.16 Å². The number of nitrogens with zero attached hydrogens (tertiary/aromatic N) is 4. The molecule has 18 heavy (non-hydrogen) atoms. The fourth-order valence-corrected chi connectivity index (χ4v) is 2.60. The molecule has 0 spiro atoms. The number of urea groups is 1. The average Bonchev–Trinajstić information content (AvgIpc) is 2.99. The minimum Gasteiger partial charge on any atom is -0.331 e. The number of likely N-dealkylation sites (tertiary alicyclic amines) is 1. The Labute approximate surface area is 111 Å². The molecular weight excluding hydrogens is 250 g/mol. The number of rotatable bonds is 4. The highest BCUT2D eigenvalue weighted by Gasteiger charge is 2.18. The van der Waals surface area contributed by atoms with Gasteiger partial charge in [0.15, 0.2) is 11.0 Å². The minimum atomic E-state index is 0.000180. The van der Waals surface area contributed by atoms with Gasteiger partial charge in [-0.15, -0.1) is 10.2 Å². The Kier molecular flexibility index (Phi) is 4.46. The van der Waals surface area contributed by atoms with Gasteiger partial charge in [0, 0.05) is 20.1 Å². The van der Waals surface area contributed by atoms with Gasteiger partial charge in [-0.3, -0.25) is 0 Å². The average molecular weight is 269 g/mol. The molecule has 7 heteroatoms. The molecule has 6 nitrogen and oxygen atoms in total. The third-order valence-corrected chi connectivity index (χ3v) is 3.89. The second kappa shape index (κ2) is 6.08. The van der Waals surface area contributed by atoms with Gasteiger partial charge in [-0.1, -0.05) is 18.7 Å². The number of aromatic nitrogens is 3. The molecule has 1 aliphatic rings. The van der Waals surface area contributed by atoms with Crippen LogP contribution in [-0.2, 0) is 13.6 Å². The van der Waals surface area contributed by atoms with E-state index in [-0.39, 0.29) is 6.03 Å². The molecule has 1 fully saturated rings. The molecular formula is C11H19N5OS. The Morgan fingerprint density at radius 2 is 2.11 bits per heavy atom. The molecule has 0 saturated carbocycles. The van der Waals surface area contributed by atoms with Crippen LogP contribution in [0.2, 0.25) is 0 Å². The van der Waals surface area contributed by atoms with Crippen molar-refractivity contribution < 1.29 is 4.79 Å². The highest BCUT2D eigenvalue weighted by Crippen LogP contribution is 2.14. The van der Waals surface area contributed by atoms with E-state index in [4.69, 9.17) is 0 Å². The Morgan fingerprint density at radius 1 is 1.39 bits per heavy atom. The maximum absolute atomic E-state index is 11.8. The van der Waals surface area contributed by atoms with Gasteiger partial charge in [0.1, 0.15) is 0 Å². The molecule has 2 heterocycles. The lowest BCUT2D eigenvalue weighted by molar-refractivity contribution is 0.208. The smallest absolute Gasteiger partial charge is 0.317 e. The summed E-state index contributed by atoms with van der Waals surface area (Å²) in [5.74, 6) is 1.75. The number of thioether (sulfide) groups is 1. The van der Waals surface area contributed by atoms with Crippen molar-refractivity contribution in [2.75, 3.05) is 18.8 Å². The van der Waals surface area contributed by atoms with Crippen LogP contribution in [0.1, 0.15) is 25.6 Å². The molecule has 1 N–H and O–H groups in total. The monoisotopic (exact) mass is 269 g/mol. The Hall–Kier alpha value is -1.24. The van der Waals surface area contributed by atoms with Crippen molar-refractivity contribution in [2.24, 2.45) is 7.05 Å². The summed E-state index contributed by atoms with van der Waals surface area (Å²) < 4.78 is 1.93. The number of carbonyl (C=O) groups excluding carboxylic acids is 1. The normalized spacial score (nSPS) is 15.1. The zero-order valence-electron chi connectivity index (χ0n) is 10.8. The van der Waals surface area contributed by atoms with Gasteiger partial charge in [0.25, 0.3) is 0 Å². The van der Waals surface area contributed by atoms with Crippen molar-refractivity contribution in [2.45, 2.75) is 31.5 Å². The highest BCUT2D eigenvalue weighted by atomic mass is 32.2. The van der Waals surface area contributed by atoms with Gasteiger partial charge >= 0.3 is 6.03 Å². The number of hydrogen-bond donors (Lipinski definition) is 1. The number of carbonyl (C=O) groups is 1. The van der Waals surface area contributed by atoms with E-state index in [0.717, 1.165) is 42.7 Å². The van der Waals surface area contributed by atoms with E-state index in [2.05, 4.69) is 22.4 Å². The standard InChI is InChI=1S/C11H19N5OS/c1-3-18-11-14-13-9(15(11)2)8-12-10(17)16-6-4-5-7-16/h3-8H2,1-2H3,(H,12,17). The number of amides is 2. The lowest BCUT2D eigenvalue weighted by atomic mass is 10.4. The first-order chi connectivity index (χ1) is 8.72. The second-order valence-electron chi connectivity index (χ2n) is 4.24. The Morgan fingerprint density at radius 3 is 2.78 bits per heavy atom. The Bertz CT molecular complexity index is 414. The molecule has 0 unspecified atom stereocenters. The van der Waals surface area contributed by atoms with Crippen LogP contribution in [0.3, 0.4) is 0 Å². The van der Waals surface area contributed by atoms with Crippen molar-refractivity contribution in [1.29, 1.82) is 0 Å². The lowest BCUT2D eigenvalue weighted by Gasteiger charge is -2.15. The van der Waals surface area contributed by atoms with E-state index in [1.54, 1.807) is 11.8 Å². The maximum Gasteiger partial charge on any atom is 0.317 e. The number of hydrogen-bond acceptors (Lipinski definition) is 4. The zero-order chi connectivity index (χ0) is 13.0. The van der Waals surface area contributed by atoms with E-state index in [1.807, 2.05) is 16.5 Å². The molecule has 0 aliphatic carbocycles. The Balaban J connectivity index is 1.87. The summed E-state index contributed by atoms with van der Waals surface area (Å²) in [6, 6.07) is 0.000180. The van der Waals surface area contributed by atoms with Crippen LogP contribution >= 0.6 is 11.8 Å². The predicted octanol–water partition coefficient (Wildman–Crippen LogP) is 1.23. The van der Waals surface area contributed by atoms with Gasteiger partial charge in [-0.2, -0.15) is 0 Å². The van der Waals surface area contributed by atoms with Crippen molar-refractivity contribution >= 4 is 17.8 Å². The summed E-state index contributed by atoms with van der Waals surface area (Å²) in [5, 5.41) is 12.0. The molecule has 1 saturated heterocycles. The topological polar surface area (TPSA) is 63.1 Å². The molecule has 2 amide bonds. The molecule has 2 rings (SSSR count). The first kappa shape index (κ1) is 13.2. The summed E-state index contributed by atoms with van der Waals surface area (Å²) >= 11 is 1.65. The third kappa shape index (κ3) is 2.95. The molecule has 1 aromatic heterocycles. The van der Waals surface area contributed by atoms with Crippen LogP contribution < -0.4 is 5.32 Å². The lowest BCUT2D eigenvalue weighted by Crippen LogP contribution is -2.37. The summed E-state index contributed by atoms with van der Waals surface area (Å²) in [7, 11) is 1.93. The molecule has 0 atom stereocenters. The van der Waals surface area contributed by atoms with Crippen LogP contribution in [0, 0.1) is 0 Å². The fourth-order valence-electron chi connectivity index (χ4n) is 1.94. The van der Waals surface area contributed by atoms with Crippen molar-refractivity contribution in [3.8, 4) is 0 Å². The van der Waals surface area contributed by atoms with Crippen LogP contribution in [0.4, 0.5) is 4.79 Å². The molecule has 1 aliphatic heterocycles. The maximum atomic E-state index is 11.8. The highest BCUT2D eigenvalue weighted by molar-refractivity contribution is 7.99. The van der Waals surface area contributed by atoms with Crippen molar-refractivity contribution in [3.05, 3.63) is 5.82 Å². The summed E-state index contributed by atoms with van der Waals surface area (Å²) in [6.07, 6.45) is 2.21. The molecule has 0 radical (unpaired) electrons. The molecule has 100 valence electrons. The fraction of sp³-hybridized carbons (Fsp3) is 0.727. The first-order valence-electron chi connectivity index (χ1n) is 6.26. The summed E-state index contributed by atoms with van der Waals surface area (Å²) in [4.78, 5) is 13.7. The SMILES string of the molecule is CCSc1nnc(CNC(=O)N2CCCC2)n1C. The molecule has 0 bridgehead atoms.